The van der Waals surface area contributed by atoms with Gasteiger partial charge in [-0.2, -0.15) is 0 Å². The number of halogens is 1. The van der Waals surface area contributed by atoms with E-state index in [1.54, 1.807) is 12.1 Å². The number of aliphatic imine (C=N–C) groups is 1. The number of nitrogens with zero attached hydrogens (tertiary/aromatic N) is 1. The van der Waals surface area contributed by atoms with Gasteiger partial charge >= 0.3 is 0 Å². The molecule has 0 saturated heterocycles. The highest BCUT2D eigenvalue weighted by Crippen LogP contribution is 2.30. The van der Waals surface area contributed by atoms with Crippen LogP contribution in [0.1, 0.15) is 0 Å². The molecule has 1 aliphatic rings. The second kappa shape index (κ2) is 2.43. The van der Waals surface area contributed by atoms with E-state index in [2.05, 4.69) is 4.99 Å². The third-order valence-corrected chi connectivity index (χ3v) is 3.07. The fourth-order valence-corrected chi connectivity index (χ4v) is 2.14. The van der Waals surface area contributed by atoms with Crippen LogP contribution in [0.15, 0.2) is 34.2 Å². The summed E-state index contributed by atoms with van der Waals surface area (Å²) in [7, 11) is -1.23. The summed E-state index contributed by atoms with van der Waals surface area (Å²) in [5.41, 5.74) is 0.718. The van der Waals surface area contributed by atoms with Gasteiger partial charge in [0.15, 0.2) is 4.50 Å². The minimum Gasteiger partial charge on any atom is -0.246 e. The van der Waals surface area contributed by atoms with E-state index < -0.39 is 10.8 Å². The molecule has 0 fully saturated rings. The summed E-state index contributed by atoms with van der Waals surface area (Å²) in [6.45, 7) is 0. The Hall–Kier alpha value is -0.670. The molecule has 4 heteroatoms. The van der Waals surface area contributed by atoms with Gasteiger partial charge in [0.25, 0.3) is 0 Å². The lowest BCUT2D eigenvalue weighted by Crippen LogP contribution is -1.92. The predicted octanol–water partition coefficient (Wildman–Crippen LogP) is 2.03. The average molecular weight is 186 g/mol. The van der Waals surface area contributed by atoms with E-state index in [4.69, 9.17) is 11.6 Å². The molecule has 2 nitrogen and oxygen atoms in total. The highest BCUT2D eigenvalue weighted by atomic mass is 35.5. The van der Waals surface area contributed by atoms with Crippen LogP contribution in [0.2, 0.25) is 0 Å². The van der Waals surface area contributed by atoms with Gasteiger partial charge in [-0.1, -0.05) is 23.7 Å². The third-order valence-electron chi connectivity index (χ3n) is 1.43. The van der Waals surface area contributed by atoms with Crippen LogP contribution in [0, 0.1) is 0 Å². The Morgan fingerprint density at radius 3 is 2.82 bits per heavy atom. The average Bonchev–Trinajstić information content (AvgIpc) is 2.30. The molecule has 1 aromatic rings. The standard InChI is InChI=1S/C7H4ClNOS/c8-7-9-5-3-1-2-4-6(5)11(7)10/h1-4H. The van der Waals surface area contributed by atoms with Gasteiger partial charge in [0.1, 0.15) is 10.8 Å². The molecule has 1 aliphatic heterocycles. The Morgan fingerprint density at radius 2 is 2.09 bits per heavy atom. The Labute approximate surface area is 71.4 Å². The lowest BCUT2D eigenvalue weighted by molar-refractivity contribution is 0.691. The topological polar surface area (TPSA) is 29.4 Å². The fourth-order valence-electron chi connectivity index (χ4n) is 0.933. The highest BCUT2D eigenvalue weighted by molar-refractivity contribution is 8.04. The first-order valence-electron chi connectivity index (χ1n) is 3.04. The van der Waals surface area contributed by atoms with Crippen molar-refractivity contribution in [2.24, 2.45) is 4.99 Å². The maximum atomic E-state index is 11.2. The summed E-state index contributed by atoms with van der Waals surface area (Å²) in [5.74, 6) is 0. The number of hydrogen-bond acceptors (Lipinski definition) is 2. The normalized spacial score (nSPS) is 21.2. The van der Waals surface area contributed by atoms with Crippen molar-refractivity contribution in [1.82, 2.24) is 0 Å². The van der Waals surface area contributed by atoms with E-state index >= 15 is 0 Å². The first-order valence-corrected chi connectivity index (χ1v) is 4.57. The fraction of sp³-hybridized carbons (Fsp3) is 0. The second-order valence-electron chi connectivity index (χ2n) is 2.10. The largest absolute Gasteiger partial charge is 0.246 e. The van der Waals surface area contributed by atoms with Crippen LogP contribution in [-0.2, 0) is 10.8 Å². The number of rotatable bonds is 0. The molecule has 0 bridgehead atoms. The van der Waals surface area contributed by atoms with Gasteiger partial charge in [-0.15, -0.1) is 0 Å². The van der Waals surface area contributed by atoms with Crippen molar-refractivity contribution in [3.05, 3.63) is 24.3 Å². The molecule has 11 heavy (non-hydrogen) atoms. The first-order chi connectivity index (χ1) is 5.29. The maximum Gasteiger partial charge on any atom is 0.199 e. The zero-order valence-corrected chi connectivity index (χ0v) is 7.02. The van der Waals surface area contributed by atoms with Gasteiger partial charge in [0.05, 0.1) is 10.6 Å². The second-order valence-corrected chi connectivity index (χ2v) is 4.05. The van der Waals surface area contributed by atoms with E-state index in [1.165, 1.54) is 0 Å². The third kappa shape index (κ3) is 1.01. The summed E-state index contributed by atoms with van der Waals surface area (Å²) in [4.78, 5) is 4.62. The lowest BCUT2D eigenvalue weighted by atomic mass is 10.3. The Balaban J connectivity index is 2.67. The van der Waals surface area contributed by atoms with E-state index in [9.17, 15) is 4.21 Å². The van der Waals surface area contributed by atoms with E-state index in [-0.39, 0.29) is 4.50 Å². The van der Waals surface area contributed by atoms with Crippen LogP contribution in [0.3, 0.4) is 0 Å². The van der Waals surface area contributed by atoms with Crippen LogP contribution < -0.4 is 0 Å². The van der Waals surface area contributed by atoms with Gasteiger partial charge in [0.2, 0.25) is 0 Å². The molecule has 0 radical (unpaired) electrons. The molecule has 0 saturated carbocycles. The summed E-state index contributed by atoms with van der Waals surface area (Å²) in [6.07, 6.45) is 0. The van der Waals surface area contributed by atoms with Gasteiger partial charge in [-0.05, 0) is 12.1 Å². The molecule has 1 aromatic carbocycles. The first kappa shape index (κ1) is 7.00. The van der Waals surface area contributed by atoms with E-state index in [0.717, 1.165) is 5.69 Å². The van der Waals surface area contributed by atoms with Crippen molar-refractivity contribution < 1.29 is 4.21 Å². The van der Waals surface area contributed by atoms with Gasteiger partial charge in [-0.3, -0.25) is 0 Å². The molecule has 1 heterocycles. The zero-order chi connectivity index (χ0) is 7.84. The molecule has 0 aromatic heterocycles. The number of hydrogen-bond donors (Lipinski definition) is 0. The van der Waals surface area contributed by atoms with Crippen LogP contribution in [0.25, 0.3) is 0 Å². The summed E-state index contributed by atoms with van der Waals surface area (Å²) < 4.78 is 11.4. The van der Waals surface area contributed by atoms with Crippen molar-refractivity contribution in [2.75, 3.05) is 0 Å². The van der Waals surface area contributed by atoms with Gasteiger partial charge in [-0.25, -0.2) is 9.20 Å². The Morgan fingerprint density at radius 1 is 1.36 bits per heavy atom. The van der Waals surface area contributed by atoms with E-state index in [0.29, 0.717) is 4.90 Å². The lowest BCUT2D eigenvalue weighted by Gasteiger charge is -1.90. The molecule has 2 rings (SSSR count). The van der Waals surface area contributed by atoms with Crippen LogP contribution in [0.4, 0.5) is 5.69 Å². The van der Waals surface area contributed by atoms with Crippen molar-refractivity contribution in [3.8, 4) is 0 Å². The molecule has 1 atom stereocenters. The highest BCUT2D eigenvalue weighted by Gasteiger charge is 2.20. The van der Waals surface area contributed by atoms with Crippen molar-refractivity contribution >= 4 is 32.6 Å². The van der Waals surface area contributed by atoms with Crippen molar-refractivity contribution in [2.45, 2.75) is 4.90 Å². The molecular weight excluding hydrogens is 182 g/mol. The van der Waals surface area contributed by atoms with Gasteiger partial charge in [0, 0.05) is 0 Å². The molecule has 1 unspecified atom stereocenters. The summed E-state index contributed by atoms with van der Waals surface area (Å²) >= 11 is 5.58. The van der Waals surface area contributed by atoms with Crippen LogP contribution >= 0.6 is 11.6 Å². The molecule has 0 spiro atoms. The number of fused-ring (bicyclic) bond motifs is 1. The SMILES string of the molecule is O=S1C(Cl)=Nc2ccccc21. The monoisotopic (exact) mass is 185 g/mol. The minimum atomic E-state index is -1.23. The van der Waals surface area contributed by atoms with E-state index in [1.807, 2.05) is 12.1 Å². The molecule has 0 N–H and O–H groups in total. The molecule has 0 amide bonds. The van der Waals surface area contributed by atoms with Crippen molar-refractivity contribution in [1.29, 1.82) is 0 Å². The smallest absolute Gasteiger partial charge is 0.199 e. The predicted molar refractivity (Wildman–Crippen MR) is 45.8 cm³/mol. The minimum absolute atomic E-state index is 0.172. The molecule has 56 valence electrons. The van der Waals surface area contributed by atoms with Crippen molar-refractivity contribution in [3.63, 3.8) is 0 Å². The Bertz CT molecular complexity index is 361. The Kier molecular flexibility index (Phi) is 1.55. The van der Waals surface area contributed by atoms with Gasteiger partial charge < -0.3 is 0 Å². The number of benzene rings is 1. The van der Waals surface area contributed by atoms with Crippen LogP contribution in [-0.4, -0.2) is 8.71 Å². The summed E-state index contributed by atoms with van der Waals surface area (Å²) in [5, 5.41) is 0. The quantitative estimate of drug-likeness (QED) is 0.608. The zero-order valence-electron chi connectivity index (χ0n) is 5.45. The molecular formula is C7H4ClNOS. The molecule has 0 aliphatic carbocycles. The summed E-state index contributed by atoms with van der Waals surface area (Å²) in [6, 6.07) is 7.23. The maximum absolute atomic E-state index is 11.2. The number of para-hydroxylation sites is 1. The van der Waals surface area contributed by atoms with Crippen LogP contribution in [0.5, 0.6) is 0 Å².